The van der Waals surface area contributed by atoms with Crippen LogP contribution in [0.4, 0.5) is 19.0 Å². The van der Waals surface area contributed by atoms with Crippen molar-refractivity contribution >= 4 is 11.7 Å². The predicted octanol–water partition coefficient (Wildman–Crippen LogP) is 4.72. The molecule has 0 unspecified atom stereocenters. The fourth-order valence-corrected chi connectivity index (χ4v) is 3.97. The molecular weight excluding hydrogens is 355 g/mol. The van der Waals surface area contributed by atoms with E-state index in [2.05, 4.69) is 10.4 Å². The number of hydrogen-bond acceptors (Lipinski definition) is 2. The second-order valence-electron chi connectivity index (χ2n) is 8.44. The molecule has 0 saturated heterocycles. The zero-order chi connectivity index (χ0) is 19.6. The van der Waals surface area contributed by atoms with E-state index >= 15 is 0 Å². The number of alkyl halides is 2. The summed E-state index contributed by atoms with van der Waals surface area (Å²) in [5, 5.41) is 7.28. The lowest BCUT2D eigenvalue weighted by Gasteiger charge is -2.35. The van der Waals surface area contributed by atoms with Crippen LogP contribution in [0, 0.1) is 17.2 Å². The zero-order valence-corrected chi connectivity index (χ0v) is 15.5. The molecule has 0 aliphatic heterocycles. The molecule has 2 aromatic rings. The van der Waals surface area contributed by atoms with Crippen molar-refractivity contribution in [1.29, 1.82) is 0 Å². The van der Waals surface area contributed by atoms with E-state index < -0.39 is 5.92 Å². The van der Waals surface area contributed by atoms with Crippen molar-refractivity contribution in [2.75, 3.05) is 5.32 Å². The highest BCUT2D eigenvalue weighted by Gasteiger charge is 2.51. The third kappa shape index (κ3) is 3.24. The van der Waals surface area contributed by atoms with Crippen LogP contribution in [0.2, 0.25) is 0 Å². The smallest absolute Gasteiger partial charge is 0.249 e. The van der Waals surface area contributed by atoms with E-state index in [-0.39, 0.29) is 41.8 Å². The van der Waals surface area contributed by atoms with Crippen molar-refractivity contribution < 1.29 is 18.0 Å². The minimum Gasteiger partial charge on any atom is -0.308 e. The number of nitrogens with one attached hydrogen (secondary N) is 1. The molecule has 0 bridgehead atoms. The van der Waals surface area contributed by atoms with Crippen molar-refractivity contribution in [3.05, 3.63) is 35.8 Å². The van der Waals surface area contributed by atoms with Crippen LogP contribution in [0.1, 0.15) is 44.7 Å². The molecule has 27 heavy (non-hydrogen) atoms. The molecule has 2 aliphatic carbocycles. The van der Waals surface area contributed by atoms with Crippen LogP contribution < -0.4 is 5.32 Å². The number of benzene rings is 1. The number of aryl methyl sites for hydroxylation is 1. The first-order valence-electron chi connectivity index (χ1n) is 9.09. The fraction of sp³-hybridized carbons (Fsp3) is 0.500. The van der Waals surface area contributed by atoms with Gasteiger partial charge in [0.2, 0.25) is 11.8 Å². The Labute approximate surface area is 155 Å². The van der Waals surface area contributed by atoms with Crippen LogP contribution in [0.3, 0.4) is 0 Å². The number of hydrogen-bond donors (Lipinski definition) is 1. The number of amides is 1. The standard InChI is InChI=1S/C20H22F3N3O/c1-19(2)10-14(19)18(27)24-17-15(11-4-6-13(21)7-5-11)16(26(3)25-17)12-8-20(22,23)9-12/h4-7,12,14H,8-10H2,1-3H3,(H,24,25,27)/t14-/m1/s1. The molecule has 2 saturated carbocycles. The molecular formula is C20H22F3N3O. The minimum atomic E-state index is -2.67. The Morgan fingerprint density at radius 2 is 1.78 bits per heavy atom. The van der Waals surface area contributed by atoms with Gasteiger partial charge in [0.05, 0.1) is 5.69 Å². The van der Waals surface area contributed by atoms with Crippen LogP contribution in [0.5, 0.6) is 0 Å². The number of rotatable bonds is 4. The van der Waals surface area contributed by atoms with E-state index in [1.165, 1.54) is 12.1 Å². The van der Waals surface area contributed by atoms with Crippen LogP contribution in [-0.4, -0.2) is 21.6 Å². The van der Waals surface area contributed by atoms with E-state index in [9.17, 15) is 18.0 Å². The Hall–Kier alpha value is -2.31. The lowest BCUT2D eigenvalue weighted by atomic mass is 9.77. The summed E-state index contributed by atoms with van der Waals surface area (Å²) in [5.41, 5.74) is 1.87. The van der Waals surface area contributed by atoms with Crippen molar-refractivity contribution in [1.82, 2.24) is 9.78 Å². The summed E-state index contributed by atoms with van der Waals surface area (Å²) < 4.78 is 41.8. The molecule has 1 aromatic heterocycles. The fourth-order valence-electron chi connectivity index (χ4n) is 3.97. The van der Waals surface area contributed by atoms with Gasteiger partial charge in [0.1, 0.15) is 5.82 Å². The minimum absolute atomic E-state index is 0.0340. The topological polar surface area (TPSA) is 46.9 Å². The van der Waals surface area contributed by atoms with Gasteiger partial charge in [-0.05, 0) is 29.5 Å². The molecule has 4 nitrogen and oxygen atoms in total. The van der Waals surface area contributed by atoms with Gasteiger partial charge >= 0.3 is 0 Å². The molecule has 1 aromatic carbocycles. The van der Waals surface area contributed by atoms with Gasteiger partial charge in [-0.25, -0.2) is 13.2 Å². The van der Waals surface area contributed by atoms with Crippen LogP contribution in [-0.2, 0) is 11.8 Å². The average molecular weight is 377 g/mol. The van der Waals surface area contributed by atoms with E-state index in [0.29, 0.717) is 22.6 Å². The Bertz CT molecular complexity index is 894. The molecule has 1 atom stereocenters. The summed E-state index contributed by atoms with van der Waals surface area (Å²) in [6.07, 6.45) is 0.312. The quantitative estimate of drug-likeness (QED) is 0.838. The van der Waals surface area contributed by atoms with Gasteiger partial charge in [0.15, 0.2) is 5.82 Å². The monoisotopic (exact) mass is 377 g/mol. The van der Waals surface area contributed by atoms with E-state index in [0.717, 1.165) is 6.42 Å². The number of nitrogens with zero attached hydrogens (tertiary/aromatic N) is 2. The highest BCUT2D eigenvalue weighted by Crippen LogP contribution is 2.53. The molecule has 0 radical (unpaired) electrons. The van der Waals surface area contributed by atoms with Gasteiger partial charge in [-0.1, -0.05) is 26.0 Å². The lowest BCUT2D eigenvalue weighted by Crippen LogP contribution is -2.35. The Morgan fingerprint density at radius 1 is 1.19 bits per heavy atom. The second kappa shape index (κ2) is 5.84. The SMILES string of the molecule is Cn1nc(NC(=O)[C@H]2CC2(C)C)c(-c2ccc(F)cc2)c1C1CC(F)(F)C1. The van der Waals surface area contributed by atoms with Gasteiger partial charge < -0.3 is 5.32 Å². The molecule has 7 heteroatoms. The zero-order valence-electron chi connectivity index (χ0n) is 15.5. The predicted molar refractivity (Wildman–Crippen MR) is 96.0 cm³/mol. The van der Waals surface area contributed by atoms with E-state index in [4.69, 9.17) is 0 Å². The Balaban J connectivity index is 1.72. The highest BCUT2D eigenvalue weighted by atomic mass is 19.3. The van der Waals surface area contributed by atoms with E-state index in [1.54, 1.807) is 23.9 Å². The van der Waals surface area contributed by atoms with Crippen LogP contribution in [0.25, 0.3) is 11.1 Å². The molecule has 144 valence electrons. The summed E-state index contributed by atoms with van der Waals surface area (Å²) in [6.45, 7) is 4.05. The molecule has 1 amide bonds. The molecule has 4 rings (SSSR count). The van der Waals surface area contributed by atoms with Crippen molar-refractivity contribution in [2.45, 2.75) is 45.0 Å². The summed E-state index contributed by atoms with van der Waals surface area (Å²) in [6, 6.07) is 5.81. The maximum atomic E-state index is 13.5. The van der Waals surface area contributed by atoms with Gasteiger partial charge in [-0.2, -0.15) is 5.10 Å². The number of carbonyl (C=O) groups is 1. The van der Waals surface area contributed by atoms with Crippen molar-refractivity contribution in [2.24, 2.45) is 18.4 Å². The summed E-state index contributed by atoms with van der Waals surface area (Å²) in [4.78, 5) is 12.6. The first-order valence-corrected chi connectivity index (χ1v) is 9.09. The summed E-state index contributed by atoms with van der Waals surface area (Å²) >= 11 is 0. The van der Waals surface area contributed by atoms with Gasteiger partial charge in [-0.3, -0.25) is 9.48 Å². The Kier molecular flexibility index (Phi) is 3.91. The first-order chi connectivity index (χ1) is 12.6. The van der Waals surface area contributed by atoms with Crippen LogP contribution >= 0.6 is 0 Å². The van der Waals surface area contributed by atoms with Crippen molar-refractivity contribution in [3.63, 3.8) is 0 Å². The third-order valence-electron chi connectivity index (χ3n) is 5.77. The van der Waals surface area contributed by atoms with Crippen LogP contribution in [0.15, 0.2) is 24.3 Å². The largest absolute Gasteiger partial charge is 0.308 e. The second-order valence-corrected chi connectivity index (χ2v) is 8.44. The summed E-state index contributed by atoms with van der Waals surface area (Å²) in [7, 11) is 1.69. The number of carbonyl (C=O) groups excluding carboxylic acids is 1. The molecule has 0 spiro atoms. The average Bonchev–Trinajstić information content (AvgIpc) is 3.07. The van der Waals surface area contributed by atoms with Gasteiger partial charge in [0.25, 0.3) is 0 Å². The summed E-state index contributed by atoms with van der Waals surface area (Å²) in [5.74, 6) is -3.26. The molecule has 2 aliphatic rings. The maximum absolute atomic E-state index is 13.5. The molecule has 1 N–H and O–H groups in total. The molecule has 2 fully saturated rings. The number of anilines is 1. The van der Waals surface area contributed by atoms with Gasteiger partial charge in [-0.15, -0.1) is 0 Å². The van der Waals surface area contributed by atoms with E-state index in [1.807, 2.05) is 13.8 Å². The lowest BCUT2D eigenvalue weighted by molar-refractivity contribution is -0.118. The number of halogens is 3. The number of aromatic nitrogens is 2. The Morgan fingerprint density at radius 3 is 2.30 bits per heavy atom. The van der Waals surface area contributed by atoms with Crippen molar-refractivity contribution in [3.8, 4) is 11.1 Å². The third-order valence-corrected chi connectivity index (χ3v) is 5.77. The normalized spacial score (nSPS) is 23.0. The first kappa shape index (κ1) is 18.1. The maximum Gasteiger partial charge on any atom is 0.249 e. The highest BCUT2D eigenvalue weighted by molar-refractivity contribution is 5.98. The molecule has 1 heterocycles. The van der Waals surface area contributed by atoms with Gasteiger partial charge in [0, 0.05) is 37.3 Å².